The molecule has 0 amide bonds. The van der Waals surface area contributed by atoms with E-state index >= 15 is 0 Å². The Morgan fingerprint density at radius 3 is 3.00 bits per heavy atom. The summed E-state index contributed by atoms with van der Waals surface area (Å²) in [6.45, 7) is 7.92. The average molecular weight is 263 g/mol. The van der Waals surface area contributed by atoms with Gasteiger partial charge in [0.15, 0.2) is 0 Å². The third-order valence-electron chi connectivity index (χ3n) is 4.45. The van der Waals surface area contributed by atoms with Gasteiger partial charge in [-0.1, -0.05) is 13.3 Å². The minimum absolute atomic E-state index is 0.761. The van der Waals surface area contributed by atoms with E-state index in [1.165, 1.54) is 51.9 Å². The summed E-state index contributed by atoms with van der Waals surface area (Å²) in [6, 6.07) is 0.761. The van der Waals surface area contributed by atoms with Gasteiger partial charge in [0, 0.05) is 19.0 Å². The highest BCUT2D eigenvalue weighted by Gasteiger charge is 2.27. The summed E-state index contributed by atoms with van der Waals surface area (Å²) < 4.78 is 5.75. The van der Waals surface area contributed by atoms with E-state index in [-0.39, 0.29) is 0 Å². The summed E-state index contributed by atoms with van der Waals surface area (Å²) in [5.41, 5.74) is 0. The van der Waals surface area contributed by atoms with Crippen molar-refractivity contribution in [2.45, 2.75) is 51.6 Å². The van der Waals surface area contributed by atoms with Gasteiger partial charge in [-0.3, -0.25) is 9.80 Å². The molecule has 3 rings (SSSR count). The fourth-order valence-corrected chi connectivity index (χ4v) is 3.37. The molecule has 2 fully saturated rings. The van der Waals surface area contributed by atoms with Crippen molar-refractivity contribution in [1.29, 1.82) is 0 Å². The molecule has 2 aliphatic rings. The first kappa shape index (κ1) is 13.1. The van der Waals surface area contributed by atoms with Crippen molar-refractivity contribution >= 4 is 0 Å². The number of rotatable bonds is 3. The summed E-state index contributed by atoms with van der Waals surface area (Å²) >= 11 is 0. The second-order valence-corrected chi connectivity index (χ2v) is 5.85. The molecule has 1 atom stereocenters. The maximum atomic E-state index is 5.75. The monoisotopic (exact) mass is 263 g/mol. The Balaban J connectivity index is 1.61. The quantitative estimate of drug-likeness (QED) is 0.837. The fourth-order valence-electron chi connectivity index (χ4n) is 3.37. The topological polar surface area (TPSA) is 32.5 Å². The number of aryl methyl sites for hydroxylation is 1. The van der Waals surface area contributed by atoms with Gasteiger partial charge in [-0.25, -0.2) is 4.98 Å². The Bertz CT molecular complexity index is 404. The van der Waals surface area contributed by atoms with E-state index in [1.807, 2.05) is 6.20 Å². The predicted molar refractivity (Wildman–Crippen MR) is 75.0 cm³/mol. The lowest BCUT2D eigenvalue weighted by Gasteiger charge is -2.35. The molecule has 1 aromatic heterocycles. The molecule has 1 unspecified atom stereocenters. The molecular weight excluding hydrogens is 238 g/mol. The Labute approximate surface area is 115 Å². The van der Waals surface area contributed by atoms with E-state index in [2.05, 4.69) is 21.7 Å². The van der Waals surface area contributed by atoms with Crippen LogP contribution in [0.3, 0.4) is 0 Å². The Morgan fingerprint density at radius 2 is 2.16 bits per heavy atom. The van der Waals surface area contributed by atoms with Gasteiger partial charge in [-0.15, -0.1) is 0 Å². The lowest BCUT2D eigenvalue weighted by molar-refractivity contribution is 0.131. The smallest absolute Gasteiger partial charge is 0.208 e. The van der Waals surface area contributed by atoms with E-state index in [1.54, 1.807) is 0 Å². The normalized spacial score (nSPS) is 26.1. The molecule has 4 nitrogen and oxygen atoms in total. The molecule has 3 heterocycles. The highest BCUT2D eigenvalue weighted by atomic mass is 16.4. The number of oxazole rings is 1. The third kappa shape index (κ3) is 3.18. The molecular formula is C15H25N3O. The predicted octanol–water partition coefficient (Wildman–Crippen LogP) is 2.30. The number of aromatic nitrogens is 1. The molecule has 0 bridgehead atoms. The third-order valence-corrected chi connectivity index (χ3v) is 4.45. The number of hydrogen-bond acceptors (Lipinski definition) is 4. The Kier molecular flexibility index (Phi) is 4.18. The van der Waals surface area contributed by atoms with E-state index in [0.717, 1.165) is 30.7 Å². The molecule has 0 spiro atoms. The summed E-state index contributed by atoms with van der Waals surface area (Å²) in [4.78, 5) is 9.61. The van der Waals surface area contributed by atoms with Gasteiger partial charge in [-0.05, 0) is 38.9 Å². The second kappa shape index (κ2) is 6.06. The van der Waals surface area contributed by atoms with Crippen molar-refractivity contribution in [3.63, 3.8) is 0 Å². The zero-order valence-corrected chi connectivity index (χ0v) is 12.0. The van der Waals surface area contributed by atoms with Gasteiger partial charge in [0.1, 0.15) is 5.76 Å². The lowest BCUT2D eigenvalue weighted by Crippen LogP contribution is -2.43. The number of hydrogen-bond donors (Lipinski definition) is 0. The van der Waals surface area contributed by atoms with Gasteiger partial charge in [0.25, 0.3) is 0 Å². The highest BCUT2D eigenvalue weighted by molar-refractivity contribution is 4.94. The van der Waals surface area contributed by atoms with E-state index in [0.29, 0.717) is 0 Å². The summed E-state index contributed by atoms with van der Waals surface area (Å²) in [6.07, 6.45) is 8.23. The van der Waals surface area contributed by atoms with E-state index < -0.39 is 0 Å². The Hall–Kier alpha value is -0.870. The molecule has 19 heavy (non-hydrogen) atoms. The summed E-state index contributed by atoms with van der Waals surface area (Å²) in [5.74, 6) is 1.89. The lowest BCUT2D eigenvalue weighted by atomic mass is 10.0. The fraction of sp³-hybridized carbons (Fsp3) is 0.800. The highest BCUT2D eigenvalue weighted by Crippen LogP contribution is 2.21. The second-order valence-electron chi connectivity index (χ2n) is 5.85. The van der Waals surface area contributed by atoms with Crippen LogP contribution in [-0.4, -0.2) is 47.0 Å². The zero-order chi connectivity index (χ0) is 13.1. The summed E-state index contributed by atoms with van der Waals surface area (Å²) in [5, 5.41) is 0. The number of piperidine rings is 1. The molecule has 2 saturated heterocycles. The summed E-state index contributed by atoms with van der Waals surface area (Å²) in [7, 11) is 0. The van der Waals surface area contributed by atoms with Crippen molar-refractivity contribution in [2.75, 3.05) is 26.2 Å². The van der Waals surface area contributed by atoms with Crippen molar-refractivity contribution in [2.24, 2.45) is 0 Å². The van der Waals surface area contributed by atoms with Crippen molar-refractivity contribution in [3.8, 4) is 0 Å². The van der Waals surface area contributed by atoms with Gasteiger partial charge < -0.3 is 4.42 Å². The van der Waals surface area contributed by atoms with Crippen LogP contribution in [0.4, 0.5) is 0 Å². The maximum Gasteiger partial charge on any atom is 0.208 e. The van der Waals surface area contributed by atoms with Crippen molar-refractivity contribution < 1.29 is 4.42 Å². The number of fused-ring (bicyclic) bond motifs is 1. The van der Waals surface area contributed by atoms with Crippen LogP contribution >= 0.6 is 0 Å². The van der Waals surface area contributed by atoms with Crippen LogP contribution in [0.2, 0.25) is 0 Å². The zero-order valence-electron chi connectivity index (χ0n) is 12.0. The molecule has 0 radical (unpaired) electrons. The molecule has 0 N–H and O–H groups in total. The molecule has 4 heteroatoms. The van der Waals surface area contributed by atoms with E-state index in [9.17, 15) is 0 Å². The molecule has 106 valence electrons. The van der Waals surface area contributed by atoms with Gasteiger partial charge in [0.2, 0.25) is 5.89 Å². The molecule has 0 aliphatic carbocycles. The minimum atomic E-state index is 0.761. The largest absolute Gasteiger partial charge is 0.444 e. The molecule has 2 aliphatic heterocycles. The molecule has 0 saturated carbocycles. The van der Waals surface area contributed by atoms with Crippen LogP contribution in [0.25, 0.3) is 0 Å². The first-order chi connectivity index (χ1) is 9.35. The van der Waals surface area contributed by atoms with E-state index in [4.69, 9.17) is 4.42 Å². The average Bonchev–Trinajstić information content (AvgIpc) is 2.78. The van der Waals surface area contributed by atoms with Crippen LogP contribution in [0.5, 0.6) is 0 Å². The first-order valence-electron chi connectivity index (χ1n) is 7.75. The van der Waals surface area contributed by atoms with Crippen molar-refractivity contribution in [1.82, 2.24) is 14.8 Å². The van der Waals surface area contributed by atoms with Crippen LogP contribution in [0, 0.1) is 0 Å². The first-order valence-corrected chi connectivity index (χ1v) is 7.75. The standard InChI is InChI=1S/C15H25N3O/c1-2-14-10-16-15(19-14)12-17-7-5-9-18-8-4-3-6-13(18)11-17/h10,13H,2-9,11-12H2,1H3. The minimum Gasteiger partial charge on any atom is -0.444 e. The van der Waals surface area contributed by atoms with Gasteiger partial charge >= 0.3 is 0 Å². The number of nitrogens with zero attached hydrogens (tertiary/aromatic N) is 3. The van der Waals surface area contributed by atoms with Crippen LogP contribution in [-0.2, 0) is 13.0 Å². The Morgan fingerprint density at radius 1 is 1.26 bits per heavy atom. The molecule has 0 aromatic carbocycles. The van der Waals surface area contributed by atoms with Crippen LogP contribution in [0.15, 0.2) is 10.6 Å². The van der Waals surface area contributed by atoms with Crippen molar-refractivity contribution in [3.05, 3.63) is 17.8 Å². The maximum absolute atomic E-state index is 5.75. The SMILES string of the molecule is CCc1cnc(CN2CCCN3CCCCC3C2)o1. The van der Waals surface area contributed by atoms with Gasteiger partial charge in [0.05, 0.1) is 12.7 Å². The van der Waals surface area contributed by atoms with Crippen LogP contribution in [0.1, 0.15) is 44.3 Å². The van der Waals surface area contributed by atoms with Crippen LogP contribution < -0.4 is 0 Å². The van der Waals surface area contributed by atoms with Gasteiger partial charge in [-0.2, -0.15) is 0 Å². The molecule has 1 aromatic rings.